The molecule has 0 spiro atoms. The van der Waals surface area contributed by atoms with Crippen LogP contribution in [0.1, 0.15) is 145 Å². The molecule has 0 aliphatic carbocycles. The zero-order valence-electron chi connectivity index (χ0n) is 39.8. The van der Waals surface area contributed by atoms with Crippen molar-refractivity contribution in [2.45, 2.75) is 195 Å². The Hall–Kier alpha value is -2.81. The number of ether oxygens (including phenoxy) is 2. The molecule has 8 atom stereocenters. The number of phenolic OH excluding ortho intramolecular Hbond substituents is 1. The Labute approximate surface area is 361 Å². The molecule has 1 amide bonds. The van der Waals surface area contributed by atoms with Crippen LogP contribution in [-0.4, -0.2) is 76.8 Å². The first kappa shape index (κ1) is 52.3. The topological polar surface area (TPSA) is 124 Å². The molecule has 1 aromatic rings. The number of nitrogens with one attached hydrogen (secondary N) is 1. The number of aliphatic hydroxyl groups excluding tert-OH is 1. The first-order chi connectivity index (χ1) is 27.4. The summed E-state index contributed by atoms with van der Waals surface area (Å²) < 4.78 is 26.6. The van der Waals surface area contributed by atoms with Crippen molar-refractivity contribution < 1.29 is 38.1 Å². The van der Waals surface area contributed by atoms with Gasteiger partial charge in [-0.05, 0) is 71.1 Å². The molecule has 1 heterocycles. The van der Waals surface area contributed by atoms with Crippen LogP contribution < -0.4 is 10.1 Å². The molecule has 1 aliphatic rings. The Morgan fingerprint density at radius 2 is 1.59 bits per heavy atom. The van der Waals surface area contributed by atoms with E-state index in [9.17, 15) is 19.8 Å². The van der Waals surface area contributed by atoms with Crippen LogP contribution in [-0.2, 0) is 24.8 Å². The smallest absolute Gasteiger partial charge is 0.342 e. The van der Waals surface area contributed by atoms with Gasteiger partial charge in [0.1, 0.15) is 23.2 Å². The number of carbonyl (C=O) groups is 2. The summed E-state index contributed by atoms with van der Waals surface area (Å²) in [5, 5.41) is 24.5. The molecule has 3 N–H and O–H groups in total. The molecule has 334 valence electrons. The zero-order chi connectivity index (χ0) is 45.0. The predicted molar refractivity (Wildman–Crippen MR) is 246 cm³/mol. The minimum atomic E-state index is -2.34. The highest BCUT2D eigenvalue weighted by molar-refractivity contribution is 6.77. The van der Waals surface area contributed by atoms with Crippen molar-refractivity contribution in [3.63, 3.8) is 0 Å². The second-order valence-corrected chi connectivity index (χ2v) is 29.8. The van der Waals surface area contributed by atoms with Gasteiger partial charge in [0.25, 0.3) is 0 Å². The van der Waals surface area contributed by atoms with E-state index in [4.69, 9.17) is 18.3 Å². The van der Waals surface area contributed by atoms with Crippen LogP contribution in [0.5, 0.6) is 11.5 Å². The van der Waals surface area contributed by atoms with Crippen LogP contribution in [0.3, 0.4) is 0 Å². The van der Waals surface area contributed by atoms with E-state index in [1.54, 1.807) is 14.0 Å². The fourth-order valence-electron chi connectivity index (χ4n) is 8.38. The molecule has 2 rings (SSSR count). The molecule has 0 bridgehead atoms. The van der Waals surface area contributed by atoms with Crippen molar-refractivity contribution in [2.75, 3.05) is 13.7 Å². The van der Waals surface area contributed by atoms with Crippen molar-refractivity contribution in [1.82, 2.24) is 5.32 Å². The number of cyclic esters (lactones) is 1. The average Bonchev–Trinajstić information content (AvgIpc) is 3.13. The van der Waals surface area contributed by atoms with Crippen LogP contribution in [0.2, 0.25) is 34.8 Å². The molecule has 0 aromatic heterocycles. The summed E-state index contributed by atoms with van der Waals surface area (Å²) in [7, 11) is -3.13. The lowest BCUT2D eigenvalue weighted by Crippen LogP contribution is -2.51. The molecule has 0 saturated carbocycles. The number of benzene rings is 1. The number of carbonyl (C=O) groups excluding carboxylic acids is 2. The maximum atomic E-state index is 14.5. The number of rotatable bonds is 17. The van der Waals surface area contributed by atoms with Crippen LogP contribution in [0.15, 0.2) is 12.1 Å². The summed E-state index contributed by atoms with van der Waals surface area (Å²) in [6, 6.07) is 3.30. The van der Waals surface area contributed by atoms with E-state index in [0.717, 1.165) is 6.42 Å². The van der Waals surface area contributed by atoms with Crippen molar-refractivity contribution in [2.24, 2.45) is 23.7 Å². The molecule has 59 heavy (non-hydrogen) atoms. The zero-order valence-corrected chi connectivity index (χ0v) is 41.8. The minimum Gasteiger partial charge on any atom is -0.507 e. The number of methoxy groups -OCH3 is 1. The van der Waals surface area contributed by atoms with Gasteiger partial charge >= 0.3 is 5.97 Å². The quantitative estimate of drug-likeness (QED) is 0.0804. The number of aliphatic hydroxyl groups is 1. The Bertz CT molecular complexity index is 1620. The van der Waals surface area contributed by atoms with E-state index in [2.05, 4.69) is 125 Å². The summed E-state index contributed by atoms with van der Waals surface area (Å²) >= 11 is 0. The molecule has 1 aliphatic heterocycles. The number of phenols is 1. The fourth-order valence-corrected chi connectivity index (χ4v) is 15.5. The van der Waals surface area contributed by atoms with E-state index in [-0.39, 0.29) is 58.8 Å². The Kier molecular flexibility index (Phi) is 20.3. The van der Waals surface area contributed by atoms with Gasteiger partial charge in [-0.1, -0.05) is 115 Å². The standard InChI is InChI=1S/C48H81NO8Si2/c1-18-23-40(50)36(10)46(52)49-27-22-21-25-35(9)45(57-58(16,17)48(12,13)14)37(11)42-26-20-19-24-34(8)43(56-59(31(2)3,32(4)5)33(6)7)29-38-28-39(54-15)30-41(51)44(38)47(53)55-42/h28,30-37,40,42-43,45,50-51H,18,23-27,29H2,1-17H3,(H,49,52)/t34-,35+,36+,37+,40-,42-,43+,45+/m0/s1. The van der Waals surface area contributed by atoms with Crippen molar-refractivity contribution >= 4 is 28.5 Å². The Morgan fingerprint density at radius 3 is 2.14 bits per heavy atom. The van der Waals surface area contributed by atoms with E-state index < -0.39 is 40.7 Å². The van der Waals surface area contributed by atoms with Crippen molar-refractivity contribution in [3.05, 3.63) is 23.3 Å². The molecule has 0 unspecified atom stereocenters. The maximum Gasteiger partial charge on any atom is 0.342 e. The summed E-state index contributed by atoms with van der Waals surface area (Å²) in [6.45, 7) is 34.9. The van der Waals surface area contributed by atoms with Gasteiger partial charge in [-0.2, -0.15) is 0 Å². The summed E-state index contributed by atoms with van der Waals surface area (Å²) in [4.78, 5) is 27.1. The van der Waals surface area contributed by atoms with Crippen LogP contribution in [0.25, 0.3) is 0 Å². The summed E-state index contributed by atoms with van der Waals surface area (Å²) in [5.41, 5.74) is 1.84. The van der Waals surface area contributed by atoms with Gasteiger partial charge in [-0.15, -0.1) is 11.8 Å². The highest BCUT2D eigenvalue weighted by Crippen LogP contribution is 2.45. The number of amides is 1. The lowest BCUT2D eigenvalue weighted by molar-refractivity contribution is -0.127. The molecule has 0 radical (unpaired) electrons. The van der Waals surface area contributed by atoms with E-state index in [1.165, 1.54) is 6.07 Å². The molecular formula is C48H81NO8Si2. The third-order valence-electron chi connectivity index (χ3n) is 13.2. The molecule has 11 heteroatoms. The highest BCUT2D eigenvalue weighted by Gasteiger charge is 2.48. The molecule has 9 nitrogen and oxygen atoms in total. The number of hydrogen-bond donors (Lipinski definition) is 3. The van der Waals surface area contributed by atoms with Crippen molar-refractivity contribution in [1.29, 1.82) is 0 Å². The van der Waals surface area contributed by atoms with Crippen LogP contribution >= 0.6 is 0 Å². The second kappa shape index (κ2) is 22.9. The third kappa shape index (κ3) is 13.8. The van der Waals surface area contributed by atoms with E-state index in [1.807, 2.05) is 13.0 Å². The Balaban J connectivity index is 2.60. The van der Waals surface area contributed by atoms with Gasteiger partial charge in [0.2, 0.25) is 14.2 Å². The molecule has 0 fully saturated rings. The highest BCUT2D eigenvalue weighted by atomic mass is 28.4. The number of aromatic hydroxyl groups is 1. The lowest BCUT2D eigenvalue weighted by Gasteiger charge is -2.46. The lowest BCUT2D eigenvalue weighted by atomic mass is 9.86. The second-order valence-electron chi connectivity index (χ2n) is 19.6. The molecular weight excluding hydrogens is 775 g/mol. The number of hydrogen-bond acceptors (Lipinski definition) is 8. The Morgan fingerprint density at radius 1 is 1.00 bits per heavy atom. The first-order valence-electron chi connectivity index (χ1n) is 22.2. The monoisotopic (exact) mass is 856 g/mol. The van der Waals surface area contributed by atoms with Crippen LogP contribution in [0.4, 0.5) is 0 Å². The van der Waals surface area contributed by atoms with Crippen molar-refractivity contribution in [3.8, 4) is 35.2 Å². The van der Waals surface area contributed by atoms with Gasteiger partial charge in [0.15, 0.2) is 8.32 Å². The molecule has 1 aromatic carbocycles. The average molecular weight is 856 g/mol. The maximum absolute atomic E-state index is 14.5. The number of esters is 1. The molecule has 0 saturated heterocycles. The third-order valence-corrected chi connectivity index (χ3v) is 23.8. The first-order valence-corrected chi connectivity index (χ1v) is 27.2. The number of fused-ring (bicyclic) bond motifs is 1. The largest absolute Gasteiger partial charge is 0.507 e. The van der Waals surface area contributed by atoms with Gasteiger partial charge < -0.3 is 33.9 Å². The SMILES string of the molecule is CCC[C@H](O)[C@@H](C)C(=O)NCC#CC[C@@H](C)[C@@H](O[Si](C)(C)C(C)(C)C)[C@H](C)[C@@H]1CC#CC[C@H](C)[C@H](O[Si](C(C)C)(C(C)C)C(C)C)Cc2cc(OC)cc(O)c2C(=O)O1. The van der Waals surface area contributed by atoms with Crippen LogP contribution in [0, 0.1) is 47.4 Å². The van der Waals surface area contributed by atoms with E-state index >= 15 is 0 Å². The summed E-state index contributed by atoms with van der Waals surface area (Å²) in [5.74, 6) is 11.8. The van der Waals surface area contributed by atoms with Gasteiger partial charge in [-0.3, -0.25) is 4.79 Å². The van der Waals surface area contributed by atoms with E-state index in [0.29, 0.717) is 60.0 Å². The normalized spacial score (nSPS) is 20.7. The van der Waals surface area contributed by atoms with Gasteiger partial charge in [0, 0.05) is 31.2 Å². The van der Waals surface area contributed by atoms with Gasteiger partial charge in [0.05, 0.1) is 37.9 Å². The fraction of sp³-hybridized carbons (Fsp3) is 0.750. The minimum absolute atomic E-state index is 0.0424. The van der Waals surface area contributed by atoms with Gasteiger partial charge in [-0.25, -0.2) is 4.79 Å². The summed E-state index contributed by atoms with van der Waals surface area (Å²) in [6.07, 6.45) is 1.25. The predicted octanol–water partition coefficient (Wildman–Crippen LogP) is 10.4.